The number of hydrogen-bond donors (Lipinski definition) is 2. The van der Waals surface area contributed by atoms with Crippen LogP contribution in [0.4, 0.5) is 4.79 Å². The van der Waals surface area contributed by atoms with Gasteiger partial charge in [-0.3, -0.25) is 10.1 Å². The molecule has 0 spiro atoms. The van der Waals surface area contributed by atoms with Crippen molar-refractivity contribution in [3.05, 3.63) is 22.7 Å². The quantitative estimate of drug-likeness (QED) is 0.483. The lowest BCUT2D eigenvalue weighted by molar-refractivity contribution is -0.127. The minimum atomic E-state index is -1.20. The summed E-state index contributed by atoms with van der Waals surface area (Å²) in [5.41, 5.74) is -0.424. The van der Waals surface area contributed by atoms with Crippen molar-refractivity contribution in [2.24, 2.45) is 0 Å². The summed E-state index contributed by atoms with van der Waals surface area (Å²) in [7, 11) is 1.43. The number of esters is 1. The van der Waals surface area contributed by atoms with E-state index < -0.39 is 29.6 Å². The van der Waals surface area contributed by atoms with E-state index in [9.17, 15) is 14.4 Å². The molecule has 29 heavy (non-hydrogen) atoms. The molecule has 0 radical (unpaired) electrons. The zero-order chi connectivity index (χ0) is 22.2. The summed E-state index contributed by atoms with van der Waals surface area (Å²) in [6, 6.07) is 2.13. The van der Waals surface area contributed by atoms with Crippen molar-refractivity contribution in [3.63, 3.8) is 0 Å². The third-order valence-corrected chi connectivity index (χ3v) is 3.87. The number of nitrogens with one attached hydrogen (secondary N) is 2. The van der Waals surface area contributed by atoms with Crippen LogP contribution in [-0.2, 0) is 9.53 Å². The monoisotopic (exact) mass is 428 g/mol. The van der Waals surface area contributed by atoms with E-state index in [4.69, 9.17) is 25.8 Å². The van der Waals surface area contributed by atoms with Crippen molar-refractivity contribution in [2.75, 3.05) is 13.7 Å². The molecule has 162 valence electrons. The maximum Gasteiger partial charge on any atom is 0.339 e. The van der Waals surface area contributed by atoms with Gasteiger partial charge in [0.25, 0.3) is 5.91 Å². The minimum absolute atomic E-state index is 0.0912. The largest absolute Gasteiger partial charge is 0.493 e. The van der Waals surface area contributed by atoms with E-state index in [1.54, 1.807) is 20.8 Å². The number of imide groups is 1. The van der Waals surface area contributed by atoms with Crippen LogP contribution in [-0.4, -0.2) is 43.3 Å². The molecule has 8 nitrogen and oxygen atoms in total. The number of carbonyl (C=O) groups excluding carboxylic acids is 3. The SMILES string of the molecule is CCCCOc1c(Cl)cc(C(=O)O[C@H](C)C(=O)NC(=O)NC(C)(C)C)cc1OC. The fourth-order valence-corrected chi connectivity index (χ4v) is 2.43. The van der Waals surface area contributed by atoms with E-state index in [1.807, 2.05) is 6.92 Å². The van der Waals surface area contributed by atoms with Crippen molar-refractivity contribution >= 4 is 29.5 Å². The number of unbranched alkanes of at least 4 members (excludes halogenated alkanes) is 1. The predicted molar refractivity (Wildman–Crippen MR) is 110 cm³/mol. The molecule has 0 aromatic heterocycles. The molecule has 0 aliphatic carbocycles. The molecule has 0 saturated heterocycles. The molecule has 0 unspecified atom stereocenters. The Morgan fingerprint density at radius 3 is 2.41 bits per heavy atom. The minimum Gasteiger partial charge on any atom is -0.493 e. The van der Waals surface area contributed by atoms with Crippen LogP contribution in [0.25, 0.3) is 0 Å². The molecule has 1 rings (SSSR count). The number of rotatable bonds is 8. The van der Waals surface area contributed by atoms with Gasteiger partial charge in [-0.2, -0.15) is 0 Å². The number of methoxy groups -OCH3 is 1. The van der Waals surface area contributed by atoms with Crippen LogP contribution in [0.15, 0.2) is 12.1 Å². The first-order chi connectivity index (χ1) is 13.5. The summed E-state index contributed by atoms with van der Waals surface area (Å²) in [4.78, 5) is 36.3. The Kier molecular flexibility index (Phi) is 9.23. The highest BCUT2D eigenvalue weighted by atomic mass is 35.5. The molecule has 0 aliphatic rings. The first-order valence-electron chi connectivity index (χ1n) is 9.32. The van der Waals surface area contributed by atoms with Gasteiger partial charge in [-0.05, 0) is 46.2 Å². The first kappa shape index (κ1) is 24.6. The Hall–Kier alpha value is -2.48. The number of amides is 3. The zero-order valence-corrected chi connectivity index (χ0v) is 18.4. The highest BCUT2D eigenvalue weighted by Gasteiger charge is 2.24. The Balaban J connectivity index is 2.81. The second-order valence-electron chi connectivity index (χ2n) is 7.43. The summed E-state index contributed by atoms with van der Waals surface area (Å²) < 4.78 is 16.0. The summed E-state index contributed by atoms with van der Waals surface area (Å²) in [6.45, 7) is 9.17. The van der Waals surface area contributed by atoms with Crippen LogP contribution in [0.5, 0.6) is 11.5 Å². The fourth-order valence-electron chi connectivity index (χ4n) is 2.16. The van der Waals surface area contributed by atoms with Gasteiger partial charge in [-0.1, -0.05) is 24.9 Å². The number of ether oxygens (including phenoxy) is 3. The van der Waals surface area contributed by atoms with Gasteiger partial charge >= 0.3 is 12.0 Å². The van der Waals surface area contributed by atoms with E-state index in [1.165, 1.54) is 26.2 Å². The number of carbonyl (C=O) groups is 3. The van der Waals surface area contributed by atoms with E-state index in [0.29, 0.717) is 12.4 Å². The topological polar surface area (TPSA) is 103 Å². The van der Waals surface area contributed by atoms with Crippen molar-refractivity contribution in [2.45, 2.75) is 59.1 Å². The Morgan fingerprint density at radius 2 is 1.86 bits per heavy atom. The van der Waals surface area contributed by atoms with Crippen molar-refractivity contribution in [1.29, 1.82) is 0 Å². The van der Waals surface area contributed by atoms with Crippen LogP contribution < -0.4 is 20.1 Å². The maximum atomic E-state index is 12.4. The van der Waals surface area contributed by atoms with Gasteiger partial charge in [0.2, 0.25) is 0 Å². The molecule has 0 heterocycles. The maximum absolute atomic E-state index is 12.4. The standard InChI is InChI=1S/C20H29ClN2O6/c1-7-8-9-28-16-14(21)10-13(11-15(16)27-6)18(25)29-12(2)17(24)22-19(26)23-20(3,4)5/h10-12H,7-9H2,1-6H3,(H2,22,23,24,26)/t12-/m1/s1. The third-order valence-electron chi connectivity index (χ3n) is 3.59. The van der Waals surface area contributed by atoms with Crippen LogP contribution in [0.3, 0.4) is 0 Å². The van der Waals surface area contributed by atoms with Crippen LogP contribution >= 0.6 is 11.6 Å². The Morgan fingerprint density at radius 1 is 1.21 bits per heavy atom. The van der Waals surface area contributed by atoms with Gasteiger partial charge in [-0.15, -0.1) is 0 Å². The van der Waals surface area contributed by atoms with Crippen molar-refractivity contribution < 1.29 is 28.6 Å². The van der Waals surface area contributed by atoms with Gasteiger partial charge in [0.05, 0.1) is 24.3 Å². The van der Waals surface area contributed by atoms with Crippen molar-refractivity contribution in [3.8, 4) is 11.5 Å². The number of urea groups is 1. The van der Waals surface area contributed by atoms with E-state index in [2.05, 4.69) is 10.6 Å². The average Bonchev–Trinajstić information content (AvgIpc) is 2.60. The predicted octanol–water partition coefficient (Wildman–Crippen LogP) is 3.70. The molecule has 1 aromatic rings. The number of hydrogen-bond acceptors (Lipinski definition) is 6. The molecule has 1 aromatic carbocycles. The van der Waals surface area contributed by atoms with Crippen molar-refractivity contribution in [1.82, 2.24) is 10.6 Å². The lowest BCUT2D eigenvalue weighted by atomic mass is 10.1. The fraction of sp³-hybridized carbons (Fsp3) is 0.550. The lowest BCUT2D eigenvalue weighted by Gasteiger charge is -2.21. The molecule has 9 heteroatoms. The summed E-state index contributed by atoms with van der Waals surface area (Å²) in [6.07, 6.45) is 0.606. The molecule has 3 amide bonds. The zero-order valence-electron chi connectivity index (χ0n) is 17.7. The summed E-state index contributed by atoms with van der Waals surface area (Å²) in [5.74, 6) is -0.923. The van der Waals surface area contributed by atoms with Gasteiger partial charge < -0.3 is 19.5 Å². The number of benzene rings is 1. The smallest absolute Gasteiger partial charge is 0.339 e. The summed E-state index contributed by atoms with van der Waals surface area (Å²) >= 11 is 6.22. The van der Waals surface area contributed by atoms with Gasteiger partial charge in [0, 0.05) is 5.54 Å². The summed E-state index contributed by atoms with van der Waals surface area (Å²) in [5, 5.41) is 4.90. The van der Waals surface area contributed by atoms with E-state index >= 15 is 0 Å². The van der Waals surface area contributed by atoms with Gasteiger partial charge in [0.1, 0.15) is 0 Å². The molecule has 2 N–H and O–H groups in total. The van der Waals surface area contributed by atoms with Crippen LogP contribution in [0, 0.1) is 0 Å². The molecule has 0 fully saturated rings. The first-order valence-corrected chi connectivity index (χ1v) is 9.70. The highest BCUT2D eigenvalue weighted by Crippen LogP contribution is 2.36. The average molecular weight is 429 g/mol. The van der Waals surface area contributed by atoms with Gasteiger partial charge in [0.15, 0.2) is 17.6 Å². The molecular formula is C20H29ClN2O6. The lowest BCUT2D eigenvalue weighted by Crippen LogP contribution is -2.50. The molecular weight excluding hydrogens is 400 g/mol. The van der Waals surface area contributed by atoms with E-state index in [0.717, 1.165) is 12.8 Å². The normalized spacial score (nSPS) is 12.0. The third kappa shape index (κ3) is 8.19. The van der Waals surface area contributed by atoms with Gasteiger partial charge in [-0.25, -0.2) is 9.59 Å². The Bertz CT molecular complexity index is 745. The number of halogens is 1. The second-order valence-corrected chi connectivity index (χ2v) is 7.84. The van der Waals surface area contributed by atoms with Crippen LogP contribution in [0.1, 0.15) is 57.8 Å². The van der Waals surface area contributed by atoms with E-state index in [-0.39, 0.29) is 16.3 Å². The molecule has 0 saturated carbocycles. The highest BCUT2D eigenvalue weighted by molar-refractivity contribution is 6.32. The second kappa shape index (κ2) is 10.9. The van der Waals surface area contributed by atoms with Crippen LogP contribution in [0.2, 0.25) is 5.02 Å². The molecule has 0 bridgehead atoms. The molecule has 1 atom stereocenters. The molecule has 0 aliphatic heterocycles. The Labute approximate surface area is 176 Å².